The van der Waals surface area contributed by atoms with Crippen LogP contribution < -0.4 is 0 Å². The van der Waals surface area contributed by atoms with Crippen LogP contribution in [0.15, 0.2) is 21.3 Å². The van der Waals surface area contributed by atoms with Gasteiger partial charge in [-0.1, -0.05) is 19.0 Å². The molecule has 0 N–H and O–H groups in total. The lowest BCUT2D eigenvalue weighted by Crippen LogP contribution is -2.22. The van der Waals surface area contributed by atoms with E-state index >= 15 is 0 Å². The molecule has 0 amide bonds. The lowest BCUT2D eigenvalue weighted by atomic mass is 10.3. The Hall–Kier alpha value is -1.20. The molecule has 0 spiro atoms. The van der Waals surface area contributed by atoms with Crippen molar-refractivity contribution in [1.82, 2.24) is 15.0 Å². The van der Waals surface area contributed by atoms with Crippen LogP contribution in [0.3, 0.4) is 0 Å². The summed E-state index contributed by atoms with van der Waals surface area (Å²) in [6.45, 7) is 6.80. The van der Waals surface area contributed by atoms with E-state index in [0.29, 0.717) is 5.89 Å². The summed E-state index contributed by atoms with van der Waals surface area (Å²) in [6.07, 6.45) is 0.820. The van der Waals surface area contributed by atoms with Crippen LogP contribution in [0.1, 0.15) is 31.1 Å². The Labute approximate surface area is 105 Å². The zero-order chi connectivity index (χ0) is 12.1. The lowest BCUT2D eigenvalue weighted by Gasteiger charge is -2.17. The number of hydrogen-bond acceptors (Lipinski definition) is 5. The number of aryl methyl sites for hydroxylation is 1. The number of hydrogen-bond donors (Lipinski definition) is 0. The molecular formula is C12H17N3OS. The molecule has 0 saturated heterocycles. The van der Waals surface area contributed by atoms with E-state index in [1.54, 1.807) is 11.3 Å². The summed E-state index contributed by atoms with van der Waals surface area (Å²) in [5, 5.41) is 8.19. The Morgan fingerprint density at radius 2 is 2.24 bits per heavy atom. The zero-order valence-corrected chi connectivity index (χ0v) is 11.0. The first-order chi connectivity index (χ1) is 8.31. The molecule has 0 unspecified atom stereocenters. The van der Waals surface area contributed by atoms with Crippen LogP contribution in [-0.2, 0) is 19.5 Å². The van der Waals surface area contributed by atoms with E-state index in [1.165, 1.54) is 5.56 Å². The number of thiophene rings is 1. The SMILES string of the molecule is CCc1noc(CN(CC)Cc2ccsc2)n1. The highest BCUT2D eigenvalue weighted by Crippen LogP contribution is 2.11. The highest BCUT2D eigenvalue weighted by Gasteiger charge is 2.10. The first kappa shape index (κ1) is 12.3. The van der Waals surface area contributed by atoms with Gasteiger partial charge in [0.2, 0.25) is 5.89 Å². The predicted molar refractivity (Wildman–Crippen MR) is 67.8 cm³/mol. The molecule has 5 heteroatoms. The number of aromatic nitrogens is 2. The molecule has 0 fully saturated rings. The summed E-state index contributed by atoms with van der Waals surface area (Å²) in [6, 6.07) is 2.15. The smallest absolute Gasteiger partial charge is 0.240 e. The van der Waals surface area contributed by atoms with E-state index in [0.717, 1.165) is 31.9 Å². The van der Waals surface area contributed by atoms with Gasteiger partial charge in [0.1, 0.15) is 0 Å². The molecule has 0 aliphatic heterocycles. The minimum atomic E-state index is 0.707. The van der Waals surface area contributed by atoms with Crippen LogP contribution in [0, 0.1) is 0 Å². The summed E-state index contributed by atoms with van der Waals surface area (Å²) in [7, 11) is 0. The summed E-state index contributed by atoms with van der Waals surface area (Å²) >= 11 is 1.73. The van der Waals surface area contributed by atoms with Crippen molar-refractivity contribution >= 4 is 11.3 Å². The van der Waals surface area contributed by atoms with Crippen molar-refractivity contribution in [3.05, 3.63) is 34.1 Å². The molecule has 2 aromatic heterocycles. The van der Waals surface area contributed by atoms with E-state index in [2.05, 4.69) is 38.8 Å². The third-order valence-corrected chi connectivity index (χ3v) is 3.35. The fraction of sp³-hybridized carbons (Fsp3) is 0.500. The molecule has 0 saturated carbocycles. The van der Waals surface area contributed by atoms with Gasteiger partial charge in [-0.3, -0.25) is 4.90 Å². The molecule has 0 aliphatic rings. The highest BCUT2D eigenvalue weighted by atomic mass is 32.1. The second kappa shape index (κ2) is 5.93. The molecule has 2 heterocycles. The third-order valence-electron chi connectivity index (χ3n) is 2.62. The van der Waals surface area contributed by atoms with E-state index in [4.69, 9.17) is 4.52 Å². The van der Waals surface area contributed by atoms with Gasteiger partial charge in [0.15, 0.2) is 5.82 Å². The molecule has 2 aromatic rings. The molecule has 0 radical (unpaired) electrons. The molecular weight excluding hydrogens is 234 g/mol. The molecule has 92 valence electrons. The Bertz CT molecular complexity index is 438. The van der Waals surface area contributed by atoms with Gasteiger partial charge in [0.25, 0.3) is 0 Å². The van der Waals surface area contributed by atoms with Gasteiger partial charge in [0, 0.05) is 13.0 Å². The summed E-state index contributed by atoms with van der Waals surface area (Å²) in [5.41, 5.74) is 1.34. The van der Waals surface area contributed by atoms with Gasteiger partial charge < -0.3 is 4.52 Å². The Balaban J connectivity index is 1.95. The Kier molecular flexibility index (Phi) is 4.28. The van der Waals surface area contributed by atoms with Crippen molar-refractivity contribution in [3.63, 3.8) is 0 Å². The van der Waals surface area contributed by atoms with Crippen LogP contribution in [0.4, 0.5) is 0 Å². The predicted octanol–water partition coefficient (Wildman–Crippen LogP) is 2.72. The van der Waals surface area contributed by atoms with Gasteiger partial charge in [-0.25, -0.2) is 0 Å². The van der Waals surface area contributed by atoms with E-state index in [9.17, 15) is 0 Å². The van der Waals surface area contributed by atoms with Crippen LogP contribution in [0.5, 0.6) is 0 Å². The molecule has 0 bridgehead atoms. The maximum atomic E-state index is 5.21. The second-order valence-electron chi connectivity index (χ2n) is 3.89. The Morgan fingerprint density at radius 1 is 1.35 bits per heavy atom. The standard InChI is InChI=1S/C12H17N3OS/c1-3-11-13-12(16-14-11)8-15(4-2)7-10-5-6-17-9-10/h5-6,9H,3-4,7-8H2,1-2H3. The van der Waals surface area contributed by atoms with Gasteiger partial charge in [-0.05, 0) is 28.9 Å². The average Bonchev–Trinajstić information content (AvgIpc) is 2.99. The molecule has 0 aliphatic carbocycles. The van der Waals surface area contributed by atoms with Crippen molar-refractivity contribution in [2.24, 2.45) is 0 Å². The van der Waals surface area contributed by atoms with Crippen molar-refractivity contribution in [3.8, 4) is 0 Å². The highest BCUT2D eigenvalue weighted by molar-refractivity contribution is 7.07. The first-order valence-electron chi connectivity index (χ1n) is 5.86. The minimum Gasteiger partial charge on any atom is -0.338 e. The number of nitrogens with zero attached hydrogens (tertiary/aromatic N) is 3. The lowest BCUT2D eigenvalue weighted by molar-refractivity contribution is 0.229. The van der Waals surface area contributed by atoms with Gasteiger partial charge in [-0.2, -0.15) is 16.3 Å². The van der Waals surface area contributed by atoms with Crippen LogP contribution >= 0.6 is 11.3 Å². The normalized spacial score (nSPS) is 11.2. The zero-order valence-electron chi connectivity index (χ0n) is 10.2. The van der Waals surface area contributed by atoms with Crippen molar-refractivity contribution in [2.45, 2.75) is 33.4 Å². The molecule has 4 nitrogen and oxygen atoms in total. The largest absolute Gasteiger partial charge is 0.338 e. The van der Waals surface area contributed by atoms with Crippen LogP contribution in [-0.4, -0.2) is 21.6 Å². The molecule has 0 aromatic carbocycles. The van der Waals surface area contributed by atoms with Crippen molar-refractivity contribution in [2.75, 3.05) is 6.54 Å². The van der Waals surface area contributed by atoms with E-state index in [-0.39, 0.29) is 0 Å². The first-order valence-corrected chi connectivity index (χ1v) is 6.81. The van der Waals surface area contributed by atoms with Gasteiger partial charge >= 0.3 is 0 Å². The van der Waals surface area contributed by atoms with Gasteiger partial charge in [0.05, 0.1) is 6.54 Å². The molecule has 2 rings (SSSR count). The maximum Gasteiger partial charge on any atom is 0.240 e. The summed E-state index contributed by atoms with van der Waals surface area (Å²) < 4.78 is 5.21. The fourth-order valence-electron chi connectivity index (χ4n) is 1.61. The van der Waals surface area contributed by atoms with E-state index in [1.807, 2.05) is 6.92 Å². The quantitative estimate of drug-likeness (QED) is 0.791. The minimum absolute atomic E-state index is 0.707. The van der Waals surface area contributed by atoms with Crippen LogP contribution in [0.25, 0.3) is 0 Å². The van der Waals surface area contributed by atoms with E-state index < -0.39 is 0 Å². The monoisotopic (exact) mass is 251 g/mol. The van der Waals surface area contributed by atoms with Crippen molar-refractivity contribution in [1.29, 1.82) is 0 Å². The third kappa shape index (κ3) is 3.38. The summed E-state index contributed by atoms with van der Waals surface area (Å²) in [5.74, 6) is 1.49. The fourth-order valence-corrected chi connectivity index (χ4v) is 2.27. The van der Waals surface area contributed by atoms with Gasteiger partial charge in [-0.15, -0.1) is 0 Å². The Morgan fingerprint density at radius 3 is 2.82 bits per heavy atom. The maximum absolute atomic E-state index is 5.21. The summed E-state index contributed by atoms with van der Waals surface area (Å²) in [4.78, 5) is 6.62. The van der Waals surface area contributed by atoms with Crippen molar-refractivity contribution < 1.29 is 4.52 Å². The number of rotatable bonds is 6. The van der Waals surface area contributed by atoms with Crippen LogP contribution in [0.2, 0.25) is 0 Å². The average molecular weight is 251 g/mol. The topological polar surface area (TPSA) is 42.2 Å². The molecule has 0 atom stereocenters. The molecule has 17 heavy (non-hydrogen) atoms. The second-order valence-corrected chi connectivity index (χ2v) is 4.67.